The molecule has 1 atom stereocenters. The van der Waals surface area contributed by atoms with Crippen LogP contribution in [0.25, 0.3) is 0 Å². The molecule has 0 bridgehead atoms. The number of hydrogen-bond acceptors (Lipinski definition) is 5. The Balaban J connectivity index is 1.90. The first-order chi connectivity index (χ1) is 11.1. The second kappa shape index (κ2) is 8.03. The molecule has 2 aromatic rings. The molecule has 0 aliphatic carbocycles. The van der Waals surface area contributed by atoms with Crippen molar-refractivity contribution in [3.05, 3.63) is 42.6 Å². The van der Waals surface area contributed by atoms with Gasteiger partial charge in [-0.3, -0.25) is 4.79 Å². The summed E-state index contributed by atoms with van der Waals surface area (Å²) < 4.78 is 10.4. The normalized spacial score (nSPS) is 11.4. The number of rotatable bonds is 7. The van der Waals surface area contributed by atoms with Crippen LogP contribution in [0.1, 0.15) is 13.8 Å². The number of aromatic nitrogens is 1. The molecule has 6 nitrogen and oxygen atoms in total. The summed E-state index contributed by atoms with van der Waals surface area (Å²) in [7, 11) is 1.56. The van der Waals surface area contributed by atoms with Gasteiger partial charge in [-0.15, -0.1) is 0 Å². The lowest BCUT2D eigenvalue weighted by Gasteiger charge is -2.15. The highest BCUT2D eigenvalue weighted by Crippen LogP contribution is 2.16. The number of nitrogens with one attached hydrogen (secondary N) is 2. The molecule has 0 aliphatic rings. The van der Waals surface area contributed by atoms with E-state index in [9.17, 15) is 4.79 Å². The number of pyridine rings is 1. The molecule has 0 saturated heterocycles. The Morgan fingerprint density at radius 1 is 1.17 bits per heavy atom. The third-order valence-electron chi connectivity index (χ3n) is 3.15. The third kappa shape index (κ3) is 4.88. The summed E-state index contributed by atoms with van der Waals surface area (Å²) in [6, 6.07) is 10.4. The van der Waals surface area contributed by atoms with Crippen molar-refractivity contribution in [1.82, 2.24) is 4.98 Å². The number of amides is 1. The van der Waals surface area contributed by atoms with Crippen LogP contribution in [-0.4, -0.2) is 30.6 Å². The van der Waals surface area contributed by atoms with Gasteiger partial charge in [0.1, 0.15) is 11.8 Å². The van der Waals surface area contributed by atoms with Crippen LogP contribution < -0.4 is 20.1 Å². The predicted octanol–water partition coefficient (Wildman–Crippen LogP) is 2.93. The van der Waals surface area contributed by atoms with E-state index >= 15 is 0 Å². The van der Waals surface area contributed by atoms with Gasteiger partial charge in [0.15, 0.2) is 0 Å². The molecule has 1 aromatic heterocycles. The van der Waals surface area contributed by atoms with Crippen molar-refractivity contribution in [3.63, 3.8) is 0 Å². The Morgan fingerprint density at radius 2 is 1.87 bits per heavy atom. The summed E-state index contributed by atoms with van der Waals surface area (Å²) in [5.41, 5.74) is 1.47. The molecule has 1 heterocycles. The zero-order valence-corrected chi connectivity index (χ0v) is 13.5. The quantitative estimate of drug-likeness (QED) is 0.822. The van der Waals surface area contributed by atoms with E-state index in [0.29, 0.717) is 12.5 Å². The Morgan fingerprint density at radius 3 is 2.43 bits per heavy atom. The molecule has 0 radical (unpaired) electrons. The molecule has 1 amide bonds. The van der Waals surface area contributed by atoms with Crippen molar-refractivity contribution in [2.45, 2.75) is 19.9 Å². The number of hydrogen-bond donors (Lipinski definition) is 2. The highest BCUT2D eigenvalue weighted by atomic mass is 16.5. The number of benzene rings is 1. The van der Waals surface area contributed by atoms with Crippen molar-refractivity contribution in [1.29, 1.82) is 0 Å². The Bertz CT molecular complexity index is 627. The second-order valence-corrected chi connectivity index (χ2v) is 4.90. The lowest BCUT2D eigenvalue weighted by atomic mass is 10.2. The number of methoxy groups -OCH3 is 1. The molecule has 6 heteroatoms. The van der Waals surface area contributed by atoms with Crippen molar-refractivity contribution in [3.8, 4) is 11.6 Å². The standard InChI is InChI=1S/C17H21N3O3/c1-4-23-15-8-5-13(6-9-15)20-17(21)12(2)19-14-7-10-16(22-3)18-11-14/h5-12,19H,4H2,1-3H3,(H,20,21). The number of carbonyl (C=O) groups excluding carboxylic acids is 1. The molecule has 122 valence electrons. The van der Waals surface area contributed by atoms with Gasteiger partial charge in [0.25, 0.3) is 0 Å². The summed E-state index contributed by atoms with van der Waals surface area (Å²) in [6.07, 6.45) is 1.62. The van der Waals surface area contributed by atoms with E-state index in [1.54, 1.807) is 26.3 Å². The summed E-state index contributed by atoms with van der Waals surface area (Å²) in [5.74, 6) is 1.17. The van der Waals surface area contributed by atoms with E-state index in [2.05, 4.69) is 15.6 Å². The first kappa shape index (κ1) is 16.6. The fourth-order valence-electron chi connectivity index (χ4n) is 1.95. The van der Waals surface area contributed by atoms with E-state index in [1.165, 1.54) is 0 Å². The van der Waals surface area contributed by atoms with Gasteiger partial charge < -0.3 is 20.1 Å². The molecule has 0 aliphatic heterocycles. The van der Waals surface area contributed by atoms with Gasteiger partial charge in [0.2, 0.25) is 11.8 Å². The maximum absolute atomic E-state index is 12.2. The Kier molecular flexibility index (Phi) is 5.80. The monoisotopic (exact) mass is 315 g/mol. The van der Waals surface area contributed by atoms with Crippen molar-refractivity contribution in [2.75, 3.05) is 24.4 Å². The number of carbonyl (C=O) groups is 1. The van der Waals surface area contributed by atoms with E-state index in [4.69, 9.17) is 9.47 Å². The summed E-state index contributed by atoms with van der Waals surface area (Å²) in [5, 5.41) is 5.94. The molecule has 2 N–H and O–H groups in total. The average molecular weight is 315 g/mol. The zero-order chi connectivity index (χ0) is 16.7. The molecular formula is C17H21N3O3. The maximum atomic E-state index is 12.2. The van der Waals surface area contributed by atoms with Gasteiger partial charge in [-0.05, 0) is 44.2 Å². The van der Waals surface area contributed by atoms with Crippen LogP contribution in [0.4, 0.5) is 11.4 Å². The van der Waals surface area contributed by atoms with Gasteiger partial charge in [-0.2, -0.15) is 0 Å². The summed E-state index contributed by atoms with van der Waals surface area (Å²) >= 11 is 0. The van der Waals surface area contributed by atoms with Crippen molar-refractivity contribution >= 4 is 17.3 Å². The van der Waals surface area contributed by atoms with Gasteiger partial charge >= 0.3 is 0 Å². The molecule has 23 heavy (non-hydrogen) atoms. The highest BCUT2D eigenvalue weighted by molar-refractivity contribution is 5.96. The lowest BCUT2D eigenvalue weighted by molar-refractivity contribution is -0.116. The van der Waals surface area contributed by atoms with Crippen LogP contribution in [0.3, 0.4) is 0 Å². The van der Waals surface area contributed by atoms with Crippen molar-refractivity contribution in [2.24, 2.45) is 0 Å². The molecule has 0 fully saturated rings. The van der Waals surface area contributed by atoms with Crippen LogP contribution in [-0.2, 0) is 4.79 Å². The fraction of sp³-hybridized carbons (Fsp3) is 0.294. The minimum atomic E-state index is -0.406. The number of ether oxygens (including phenoxy) is 2. The van der Waals surface area contributed by atoms with Crippen LogP contribution >= 0.6 is 0 Å². The fourth-order valence-corrected chi connectivity index (χ4v) is 1.95. The van der Waals surface area contributed by atoms with Gasteiger partial charge in [-0.1, -0.05) is 0 Å². The SMILES string of the molecule is CCOc1ccc(NC(=O)C(C)Nc2ccc(OC)nc2)cc1. The van der Waals surface area contributed by atoms with E-state index < -0.39 is 6.04 Å². The smallest absolute Gasteiger partial charge is 0.246 e. The topological polar surface area (TPSA) is 72.5 Å². The molecule has 2 rings (SSSR count). The number of anilines is 2. The van der Waals surface area contributed by atoms with Gasteiger partial charge in [0.05, 0.1) is 25.6 Å². The second-order valence-electron chi connectivity index (χ2n) is 4.90. The summed E-state index contributed by atoms with van der Waals surface area (Å²) in [4.78, 5) is 16.3. The van der Waals surface area contributed by atoms with E-state index in [1.807, 2.05) is 37.3 Å². The highest BCUT2D eigenvalue weighted by Gasteiger charge is 2.13. The van der Waals surface area contributed by atoms with Crippen LogP contribution in [0, 0.1) is 0 Å². The van der Waals surface area contributed by atoms with Crippen molar-refractivity contribution < 1.29 is 14.3 Å². The lowest BCUT2D eigenvalue weighted by Crippen LogP contribution is -2.31. The van der Waals surface area contributed by atoms with Crippen LogP contribution in [0.2, 0.25) is 0 Å². The Hall–Kier alpha value is -2.76. The number of nitrogens with zero attached hydrogens (tertiary/aromatic N) is 1. The third-order valence-corrected chi connectivity index (χ3v) is 3.15. The Labute approximate surface area is 135 Å². The van der Waals surface area contributed by atoms with Crippen LogP contribution in [0.5, 0.6) is 11.6 Å². The largest absolute Gasteiger partial charge is 0.494 e. The first-order valence-electron chi connectivity index (χ1n) is 7.42. The molecular weight excluding hydrogens is 294 g/mol. The van der Waals surface area contributed by atoms with Gasteiger partial charge in [0, 0.05) is 11.8 Å². The van der Waals surface area contributed by atoms with Gasteiger partial charge in [-0.25, -0.2) is 4.98 Å². The maximum Gasteiger partial charge on any atom is 0.246 e. The molecule has 0 spiro atoms. The molecule has 0 saturated carbocycles. The minimum Gasteiger partial charge on any atom is -0.494 e. The minimum absolute atomic E-state index is 0.134. The van der Waals surface area contributed by atoms with Crippen LogP contribution in [0.15, 0.2) is 42.6 Å². The molecule has 1 unspecified atom stereocenters. The molecule has 1 aromatic carbocycles. The first-order valence-corrected chi connectivity index (χ1v) is 7.42. The van der Waals surface area contributed by atoms with E-state index in [0.717, 1.165) is 17.1 Å². The predicted molar refractivity (Wildman–Crippen MR) is 90.1 cm³/mol. The summed E-state index contributed by atoms with van der Waals surface area (Å²) in [6.45, 7) is 4.33. The average Bonchev–Trinajstić information content (AvgIpc) is 2.57. The zero-order valence-electron chi connectivity index (χ0n) is 13.5. The van der Waals surface area contributed by atoms with E-state index in [-0.39, 0.29) is 5.91 Å².